The van der Waals surface area contributed by atoms with Gasteiger partial charge < -0.3 is 15.5 Å². The molecule has 1 saturated heterocycles. The van der Waals surface area contributed by atoms with E-state index in [1.165, 1.54) is 17.0 Å². The first-order valence-corrected chi connectivity index (χ1v) is 10.5. The zero-order valence-electron chi connectivity index (χ0n) is 17.2. The fourth-order valence-corrected chi connectivity index (χ4v) is 4.08. The summed E-state index contributed by atoms with van der Waals surface area (Å²) < 4.78 is 13.1. The van der Waals surface area contributed by atoms with Gasteiger partial charge in [0.05, 0.1) is 12.2 Å². The molecule has 29 heavy (non-hydrogen) atoms. The van der Waals surface area contributed by atoms with Crippen LogP contribution in [-0.4, -0.2) is 62.2 Å². The smallest absolute Gasteiger partial charge is 0.191 e. The van der Waals surface area contributed by atoms with Gasteiger partial charge in [-0.3, -0.25) is 9.89 Å². The van der Waals surface area contributed by atoms with E-state index < -0.39 is 0 Å². The average Bonchev–Trinajstić information content (AvgIpc) is 3.03. The number of rotatable bonds is 6. The zero-order valence-corrected chi connectivity index (χ0v) is 20.4. The maximum Gasteiger partial charge on any atom is 0.191 e. The molecule has 0 unspecified atom stereocenters. The van der Waals surface area contributed by atoms with Crippen molar-refractivity contribution >= 4 is 47.0 Å². The molecule has 0 aliphatic carbocycles. The number of nitrogens with one attached hydrogen (secondary N) is 2. The van der Waals surface area contributed by atoms with E-state index >= 15 is 0 Å². The molecule has 9 heteroatoms. The summed E-state index contributed by atoms with van der Waals surface area (Å²) >= 11 is 1.72. The molecule has 0 atom stereocenters. The lowest BCUT2D eigenvalue weighted by molar-refractivity contribution is 0.261. The van der Waals surface area contributed by atoms with Crippen molar-refractivity contribution in [2.24, 2.45) is 4.99 Å². The van der Waals surface area contributed by atoms with E-state index in [2.05, 4.69) is 37.3 Å². The van der Waals surface area contributed by atoms with Gasteiger partial charge in [0, 0.05) is 56.9 Å². The second-order valence-electron chi connectivity index (χ2n) is 6.91. The third kappa shape index (κ3) is 7.07. The zero-order chi connectivity index (χ0) is 19.9. The quantitative estimate of drug-likeness (QED) is 0.341. The molecule has 2 aromatic rings. The van der Waals surface area contributed by atoms with Crippen LogP contribution in [0.25, 0.3) is 0 Å². The van der Waals surface area contributed by atoms with Crippen LogP contribution in [0.15, 0.2) is 29.3 Å². The third-order valence-corrected chi connectivity index (χ3v) is 6.06. The molecule has 0 radical (unpaired) electrons. The number of hydrogen-bond acceptors (Lipinski definition) is 5. The van der Waals surface area contributed by atoms with Gasteiger partial charge in [0.1, 0.15) is 10.8 Å². The minimum absolute atomic E-state index is 0. The number of aryl methyl sites for hydroxylation is 2. The number of benzene rings is 1. The van der Waals surface area contributed by atoms with Gasteiger partial charge in [0.25, 0.3) is 0 Å². The topological polar surface area (TPSA) is 55.8 Å². The summed E-state index contributed by atoms with van der Waals surface area (Å²) in [5, 5.41) is 7.78. The lowest BCUT2D eigenvalue weighted by Gasteiger charge is -2.36. The summed E-state index contributed by atoms with van der Waals surface area (Å²) in [5.41, 5.74) is 2.20. The summed E-state index contributed by atoms with van der Waals surface area (Å²) in [6, 6.07) is 6.76. The molecule has 6 nitrogen and oxygen atoms in total. The van der Waals surface area contributed by atoms with Crippen molar-refractivity contribution < 1.29 is 4.39 Å². The van der Waals surface area contributed by atoms with Crippen LogP contribution in [0.3, 0.4) is 0 Å². The molecule has 1 fully saturated rings. The Morgan fingerprint density at radius 2 is 1.83 bits per heavy atom. The number of hydrogen-bond donors (Lipinski definition) is 2. The van der Waals surface area contributed by atoms with E-state index in [1.807, 2.05) is 19.1 Å². The van der Waals surface area contributed by atoms with Crippen molar-refractivity contribution in [2.45, 2.75) is 20.4 Å². The molecular formula is C20H30FIN6S. The van der Waals surface area contributed by atoms with Gasteiger partial charge in [-0.1, -0.05) is 0 Å². The average molecular weight is 532 g/mol. The third-order valence-electron chi connectivity index (χ3n) is 4.99. The van der Waals surface area contributed by atoms with Gasteiger partial charge in [-0.15, -0.1) is 35.3 Å². The normalized spacial score (nSPS) is 15.2. The van der Waals surface area contributed by atoms with Gasteiger partial charge in [-0.2, -0.15) is 0 Å². The molecule has 2 heterocycles. The molecule has 1 aliphatic heterocycles. The number of aromatic nitrogens is 1. The molecule has 2 N–H and O–H groups in total. The monoisotopic (exact) mass is 532 g/mol. The standard InChI is InChI=1S/C20H29FN6S.HI/c1-15-16(2)28-19(25-15)14-24-20(22-3)23-8-9-26-10-12-27(13-11-26)18-6-4-17(21)5-7-18;/h4-7H,8-14H2,1-3H3,(H2,22,23,24);1H. The molecule has 1 aromatic heterocycles. The van der Waals surface area contributed by atoms with Crippen LogP contribution in [0.1, 0.15) is 15.6 Å². The van der Waals surface area contributed by atoms with Crippen LogP contribution in [0.2, 0.25) is 0 Å². The van der Waals surface area contributed by atoms with E-state index in [0.717, 1.165) is 61.6 Å². The lowest BCUT2D eigenvalue weighted by Crippen LogP contribution is -2.49. The molecule has 160 valence electrons. The predicted octanol–water partition coefficient (Wildman–Crippen LogP) is 3.00. The summed E-state index contributed by atoms with van der Waals surface area (Å²) in [6.45, 7) is 10.6. The molecule has 1 aromatic carbocycles. The maximum atomic E-state index is 13.1. The minimum atomic E-state index is -0.185. The lowest BCUT2D eigenvalue weighted by atomic mass is 10.2. The molecule has 1 aliphatic rings. The highest BCUT2D eigenvalue weighted by atomic mass is 127. The number of thiazole rings is 1. The predicted molar refractivity (Wildman–Crippen MR) is 130 cm³/mol. The Morgan fingerprint density at radius 3 is 2.41 bits per heavy atom. The second-order valence-corrected chi connectivity index (χ2v) is 8.19. The Labute approximate surface area is 193 Å². The van der Waals surface area contributed by atoms with Crippen molar-refractivity contribution in [3.05, 3.63) is 45.7 Å². The Kier molecular flexibility index (Phi) is 9.57. The number of nitrogens with zero attached hydrogens (tertiary/aromatic N) is 4. The van der Waals surface area contributed by atoms with Gasteiger partial charge >= 0.3 is 0 Å². The Hall–Kier alpha value is -1.46. The number of piperazine rings is 1. The molecule has 0 saturated carbocycles. The van der Waals surface area contributed by atoms with Gasteiger partial charge in [-0.05, 0) is 38.1 Å². The van der Waals surface area contributed by atoms with Crippen molar-refractivity contribution in [2.75, 3.05) is 51.2 Å². The van der Waals surface area contributed by atoms with Crippen LogP contribution in [0.4, 0.5) is 10.1 Å². The molecule has 0 spiro atoms. The first-order valence-electron chi connectivity index (χ1n) is 9.65. The van der Waals surface area contributed by atoms with Crippen molar-refractivity contribution in [3.8, 4) is 0 Å². The highest BCUT2D eigenvalue weighted by Crippen LogP contribution is 2.17. The molecule has 0 amide bonds. The van der Waals surface area contributed by atoms with Gasteiger partial charge in [0.2, 0.25) is 0 Å². The van der Waals surface area contributed by atoms with E-state index in [4.69, 9.17) is 0 Å². The van der Waals surface area contributed by atoms with E-state index in [-0.39, 0.29) is 29.8 Å². The highest BCUT2D eigenvalue weighted by Gasteiger charge is 2.17. The van der Waals surface area contributed by atoms with Crippen molar-refractivity contribution in [1.82, 2.24) is 20.5 Å². The fourth-order valence-electron chi connectivity index (χ4n) is 3.21. The van der Waals surface area contributed by atoms with E-state index in [1.54, 1.807) is 18.4 Å². The minimum Gasteiger partial charge on any atom is -0.369 e. The Balaban J connectivity index is 0.00000300. The van der Waals surface area contributed by atoms with Gasteiger partial charge in [-0.25, -0.2) is 9.37 Å². The largest absolute Gasteiger partial charge is 0.369 e. The van der Waals surface area contributed by atoms with Crippen molar-refractivity contribution in [3.63, 3.8) is 0 Å². The summed E-state index contributed by atoms with van der Waals surface area (Å²) in [4.78, 5) is 14.8. The number of aliphatic imine (C=N–C) groups is 1. The van der Waals surface area contributed by atoms with Crippen LogP contribution < -0.4 is 15.5 Å². The second kappa shape index (κ2) is 11.7. The number of halogens is 2. The fraction of sp³-hybridized carbons (Fsp3) is 0.500. The van der Waals surface area contributed by atoms with E-state index in [9.17, 15) is 4.39 Å². The van der Waals surface area contributed by atoms with Crippen molar-refractivity contribution in [1.29, 1.82) is 0 Å². The summed E-state index contributed by atoms with van der Waals surface area (Å²) in [5.74, 6) is 0.617. The number of guanidine groups is 1. The molecule has 0 bridgehead atoms. The maximum absolute atomic E-state index is 13.1. The SMILES string of the molecule is CN=C(NCCN1CCN(c2ccc(F)cc2)CC1)NCc1nc(C)c(C)s1.I. The van der Waals surface area contributed by atoms with Crippen LogP contribution in [0, 0.1) is 19.7 Å². The first-order chi connectivity index (χ1) is 13.5. The Bertz CT molecular complexity index is 767. The number of anilines is 1. The summed E-state index contributed by atoms with van der Waals surface area (Å²) in [7, 11) is 1.79. The van der Waals surface area contributed by atoms with E-state index in [0.29, 0.717) is 6.54 Å². The Morgan fingerprint density at radius 1 is 1.14 bits per heavy atom. The van der Waals surface area contributed by atoms with Gasteiger partial charge in [0.15, 0.2) is 5.96 Å². The first kappa shape index (κ1) is 23.8. The van der Waals surface area contributed by atoms with Crippen LogP contribution in [0.5, 0.6) is 0 Å². The highest BCUT2D eigenvalue weighted by molar-refractivity contribution is 14.0. The summed E-state index contributed by atoms with van der Waals surface area (Å²) in [6.07, 6.45) is 0. The molecular weight excluding hydrogens is 502 g/mol. The van der Waals surface area contributed by atoms with Crippen LogP contribution in [-0.2, 0) is 6.54 Å². The molecule has 3 rings (SSSR count). The van der Waals surface area contributed by atoms with Crippen LogP contribution >= 0.6 is 35.3 Å².